The number of aliphatic imine (C=N–C) groups is 1. The van der Waals surface area contributed by atoms with E-state index in [9.17, 15) is 10.1 Å². The van der Waals surface area contributed by atoms with E-state index in [4.69, 9.17) is 9.47 Å². The van der Waals surface area contributed by atoms with Crippen LogP contribution in [0.2, 0.25) is 0 Å². The van der Waals surface area contributed by atoms with E-state index in [0.29, 0.717) is 6.54 Å². The number of benzene rings is 2. The van der Waals surface area contributed by atoms with Crippen molar-refractivity contribution in [3.8, 4) is 11.5 Å². The van der Waals surface area contributed by atoms with Crippen LogP contribution in [0.25, 0.3) is 0 Å². The van der Waals surface area contributed by atoms with Gasteiger partial charge in [-0.2, -0.15) is 0 Å². The fraction of sp³-hybridized carbons (Fsp3) is 0.350. The molecule has 0 unspecified atom stereocenters. The van der Waals surface area contributed by atoms with Crippen LogP contribution in [0, 0.1) is 10.1 Å². The molecule has 0 saturated carbocycles. The molecule has 0 aliphatic carbocycles. The number of hydrogen-bond acceptors (Lipinski definition) is 5. The lowest BCUT2D eigenvalue weighted by atomic mass is 10.1. The number of nitrogens with one attached hydrogen (secondary N) is 2. The summed E-state index contributed by atoms with van der Waals surface area (Å²) >= 11 is 0. The first-order valence-electron chi connectivity index (χ1n) is 9.22. The first kappa shape index (κ1) is 22.7. The Kier molecular flexibility index (Phi) is 8.97. The molecule has 2 aromatic rings. The number of aryl methyl sites for hydroxylation is 1. The Hall–Kier alpha value is -2.56. The summed E-state index contributed by atoms with van der Waals surface area (Å²) in [6.07, 6.45) is 2.86. The van der Waals surface area contributed by atoms with E-state index in [1.54, 1.807) is 19.2 Å². The number of nitrogens with zero attached hydrogens (tertiary/aromatic N) is 2. The van der Waals surface area contributed by atoms with Crippen LogP contribution in [0.3, 0.4) is 0 Å². The van der Waals surface area contributed by atoms with Crippen LogP contribution in [-0.2, 0) is 13.0 Å². The van der Waals surface area contributed by atoms with Gasteiger partial charge in [0.25, 0.3) is 5.69 Å². The zero-order valence-electron chi connectivity index (χ0n) is 16.2. The second-order valence-electron chi connectivity index (χ2n) is 6.42. The van der Waals surface area contributed by atoms with E-state index in [2.05, 4.69) is 15.6 Å². The second kappa shape index (κ2) is 11.4. The number of non-ortho nitro benzene ring substituents is 1. The van der Waals surface area contributed by atoms with Crippen LogP contribution >= 0.6 is 24.0 Å². The van der Waals surface area contributed by atoms with E-state index in [1.165, 1.54) is 0 Å². The predicted molar refractivity (Wildman–Crippen MR) is 122 cm³/mol. The summed E-state index contributed by atoms with van der Waals surface area (Å²) in [5.41, 5.74) is 2.32. The fourth-order valence-electron chi connectivity index (χ4n) is 2.90. The standard InChI is InChI=1S/C20H24N4O4.HI/c1-21-20(23-13-16-7-10-18-19(12-16)28-14-27-18)22-11-3-2-4-15-5-8-17(9-6-15)24(25)26;/h5-10,12H,2-4,11,13-14H2,1H3,(H2,21,22,23);1H. The topological polar surface area (TPSA) is 98.0 Å². The van der Waals surface area contributed by atoms with Gasteiger partial charge in [-0.05, 0) is 42.5 Å². The Morgan fingerprint density at radius 1 is 1.07 bits per heavy atom. The predicted octanol–water partition coefficient (Wildman–Crippen LogP) is 3.63. The maximum atomic E-state index is 10.7. The van der Waals surface area contributed by atoms with Crippen LogP contribution in [0.4, 0.5) is 5.69 Å². The number of rotatable bonds is 8. The van der Waals surface area contributed by atoms with Crippen molar-refractivity contribution in [1.82, 2.24) is 10.6 Å². The maximum Gasteiger partial charge on any atom is 0.269 e. The molecule has 0 saturated heterocycles. The molecular weight excluding hydrogens is 487 g/mol. The van der Waals surface area contributed by atoms with Gasteiger partial charge in [-0.3, -0.25) is 15.1 Å². The third-order valence-electron chi connectivity index (χ3n) is 4.45. The lowest BCUT2D eigenvalue weighted by Crippen LogP contribution is -2.37. The highest BCUT2D eigenvalue weighted by molar-refractivity contribution is 14.0. The van der Waals surface area contributed by atoms with Gasteiger partial charge in [0, 0.05) is 32.3 Å². The molecular formula is C20H25IN4O4. The highest BCUT2D eigenvalue weighted by Crippen LogP contribution is 2.32. The highest BCUT2D eigenvalue weighted by Gasteiger charge is 2.13. The highest BCUT2D eigenvalue weighted by atomic mass is 127. The van der Waals surface area contributed by atoms with Crippen molar-refractivity contribution in [3.05, 3.63) is 63.7 Å². The average molecular weight is 512 g/mol. The van der Waals surface area contributed by atoms with Gasteiger partial charge >= 0.3 is 0 Å². The fourth-order valence-corrected chi connectivity index (χ4v) is 2.90. The van der Waals surface area contributed by atoms with Gasteiger partial charge in [-0.15, -0.1) is 24.0 Å². The van der Waals surface area contributed by atoms with Gasteiger partial charge in [0.2, 0.25) is 6.79 Å². The lowest BCUT2D eigenvalue weighted by molar-refractivity contribution is -0.384. The molecule has 2 aromatic carbocycles. The van der Waals surface area contributed by atoms with E-state index in [0.717, 1.165) is 54.4 Å². The molecule has 2 N–H and O–H groups in total. The van der Waals surface area contributed by atoms with Crippen molar-refractivity contribution < 1.29 is 14.4 Å². The van der Waals surface area contributed by atoms with Crippen molar-refractivity contribution >= 4 is 35.6 Å². The Morgan fingerprint density at radius 2 is 1.79 bits per heavy atom. The third-order valence-corrected chi connectivity index (χ3v) is 4.45. The molecule has 8 nitrogen and oxygen atoms in total. The zero-order chi connectivity index (χ0) is 19.8. The molecule has 0 radical (unpaired) electrons. The molecule has 0 atom stereocenters. The van der Waals surface area contributed by atoms with Gasteiger partial charge < -0.3 is 20.1 Å². The summed E-state index contributed by atoms with van der Waals surface area (Å²) in [6, 6.07) is 12.6. The number of halogens is 1. The van der Waals surface area contributed by atoms with Crippen LogP contribution in [0.15, 0.2) is 47.5 Å². The van der Waals surface area contributed by atoms with E-state index in [1.807, 2.05) is 30.3 Å². The Labute approximate surface area is 186 Å². The summed E-state index contributed by atoms with van der Waals surface area (Å²) in [5, 5.41) is 17.2. The Bertz CT molecular complexity index is 843. The second-order valence-corrected chi connectivity index (χ2v) is 6.42. The summed E-state index contributed by atoms with van der Waals surface area (Å²) in [6.45, 7) is 1.71. The summed E-state index contributed by atoms with van der Waals surface area (Å²) in [7, 11) is 1.74. The number of nitro groups is 1. The number of fused-ring (bicyclic) bond motifs is 1. The van der Waals surface area contributed by atoms with Crippen molar-refractivity contribution in [2.75, 3.05) is 20.4 Å². The molecule has 0 fully saturated rings. The molecule has 156 valence electrons. The minimum Gasteiger partial charge on any atom is -0.454 e. The molecule has 1 aliphatic heterocycles. The Morgan fingerprint density at radius 3 is 2.52 bits per heavy atom. The monoisotopic (exact) mass is 512 g/mol. The molecule has 0 bridgehead atoms. The number of guanidine groups is 1. The lowest BCUT2D eigenvalue weighted by Gasteiger charge is -2.12. The number of hydrogen-bond donors (Lipinski definition) is 2. The van der Waals surface area contributed by atoms with Crippen LogP contribution in [-0.4, -0.2) is 31.3 Å². The normalized spacial score (nSPS) is 12.2. The number of unbranched alkanes of at least 4 members (excludes halogenated alkanes) is 1. The molecule has 1 aliphatic rings. The third kappa shape index (κ3) is 6.77. The largest absolute Gasteiger partial charge is 0.454 e. The van der Waals surface area contributed by atoms with Crippen LogP contribution in [0.1, 0.15) is 24.0 Å². The molecule has 0 amide bonds. The molecule has 29 heavy (non-hydrogen) atoms. The quantitative estimate of drug-likeness (QED) is 0.140. The zero-order valence-corrected chi connectivity index (χ0v) is 18.6. The van der Waals surface area contributed by atoms with Crippen molar-refractivity contribution in [1.29, 1.82) is 0 Å². The van der Waals surface area contributed by atoms with Crippen molar-refractivity contribution in [3.63, 3.8) is 0 Å². The SMILES string of the molecule is CN=C(NCCCCc1ccc([N+](=O)[O-])cc1)NCc1ccc2c(c1)OCO2.I. The first-order valence-corrected chi connectivity index (χ1v) is 9.22. The van der Waals surface area contributed by atoms with Gasteiger partial charge in [0.05, 0.1) is 4.92 Å². The van der Waals surface area contributed by atoms with Gasteiger partial charge in [0.1, 0.15) is 0 Å². The minimum absolute atomic E-state index is 0. The Balaban J connectivity index is 0.00000300. The van der Waals surface area contributed by atoms with Crippen LogP contribution in [0.5, 0.6) is 11.5 Å². The van der Waals surface area contributed by atoms with E-state index < -0.39 is 0 Å². The van der Waals surface area contributed by atoms with E-state index >= 15 is 0 Å². The molecule has 1 heterocycles. The van der Waals surface area contributed by atoms with Gasteiger partial charge in [-0.1, -0.05) is 18.2 Å². The average Bonchev–Trinajstić information content (AvgIpc) is 3.18. The van der Waals surface area contributed by atoms with Crippen molar-refractivity contribution in [2.24, 2.45) is 4.99 Å². The van der Waals surface area contributed by atoms with Gasteiger partial charge in [0.15, 0.2) is 17.5 Å². The van der Waals surface area contributed by atoms with Crippen molar-refractivity contribution in [2.45, 2.75) is 25.8 Å². The molecule has 0 aromatic heterocycles. The maximum absolute atomic E-state index is 10.7. The smallest absolute Gasteiger partial charge is 0.269 e. The van der Waals surface area contributed by atoms with Crippen LogP contribution < -0.4 is 20.1 Å². The summed E-state index contributed by atoms with van der Waals surface area (Å²) in [4.78, 5) is 14.5. The molecule has 9 heteroatoms. The number of nitro benzene ring substituents is 1. The van der Waals surface area contributed by atoms with Gasteiger partial charge in [-0.25, -0.2) is 0 Å². The number of ether oxygens (including phenoxy) is 2. The molecule has 0 spiro atoms. The first-order chi connectivity index (χ1) is 13.7. The summed E-state index contributed by atoms with van der Waals surface area (Å²) < 4.78 is 10.7. The minimum atomic E-state index is -0.379. The van der Waals surface area contributed by atoms with E-state index in [-0.39, 0.29) is 41.4 Å². The molecule has 3 rings (SSSR count). The summed E-state index contributed by atoms with van der Waals surface area (Å²) in [5.74, 6) is 2.29.